The lowest BCUT2D eigenvalue weighted by Gasteiger charge is -2.24. The molecule has 1 saturated heterocycles. The highest BCUT2D eigenvalue weighted by atomic mass is 35.7. The molecule has 1 unspecified atom stereocenters. The summed E-state index contributed by atoms with van der Waals surface area (Å²) in [5, 5.41) is 0. The van der Waals surface area contributed by atoms with Crippen LogP contribution in [0.5, 0.6) is 11.5 Å². The van der Waals surface area contributed by atoms with Crippen LogP contribution in [0, 0.1) is 0 Å². The molecule has 2 rings (SSSR count). The normalized spacial score (nSPS) is 19.6. The number of rotatable bonds is 5. The molecule has 0 N–H and O–H groups in total. The monoisotopic (exact) mass is 320 g/mol. The molecule has 1 fully saturated rings. The lowest BCUT2D eigenvalue weighted by Crippen LogP contribution is -2.28. The minimum atomic E-state index is -3.65. The summed E-state index contributed by atoms with van der Waals surface area (Å²) in [5.41, 5.74) is 0.483. The minimum Gasteiger partial charge on any atom is -0.493 e. The van der Waals surface area contributed by atoms with Gasteiger partial charge in [-0.2, -0.15) is 0 Å². The highest BCUT2D eigenvalue weighted by Gasteiger charge is 2.20. The van der Waals surface area contributed by atoms with Gasteiger partial charge in [-0.25, -0.2) is 8.42 Å². The molecule has 0 bridgehead atoms. The van der Waals surface area contributed by atoms with E-state index < -0.39 is 9.05 Å². The van der Waals surface area contributed by atoms with Crippen LogP contribution in [-0.2, 0) is 19.5 Å². The zero-order chi connectivity index (χ0) is 14.6. The molecule has 1 atom stereocenters. The van der Waals surface area contributed by atoms with Crippen LogP contribution in [0.25, 0.3) is 0 Å². The second-order valence-corrected chi connectivity index (χ2v) is 7.37. The molecular weight excluding hydrogens is 304 g/mol. The Labute approximate surface area is 123 Å². The third-order valence-electron chi connectivity index (χ3n) is 3.00. The summed E-state index contributed by atoms with van der Waals surface area (Å²) in [6.07, 6.45) is 1.81. The lowest BCUT2D eigenvalue weighted by molar-refractivity contribution is 0.00640. The van der Waals surface area contributed by atoms with Crippen LogP contribution in [0.4, 0.5) is 0 Å². The molecule has 112 valence electrons. The first-order valence-electron chi connectivity index (χ1n) is 6.32. The molecule has 1 aromatic carbocycles. The van der Waals surface area contributed by atoms with Crippen molar-refractivity contribution in [3.8, 4) is 11.5 Å². The quantitative estimate of drug-likeness (QED) is 0.779. The van der Waals surface area contributed by atoms with E-state index in [0.717, 1.165) is 19.4 Å². The van der Waals surface area contributed by atoms with Crippen molar-refractivity contribution in [1.82, 2.24) is 0 Å². The highest BCUT2D eigenvalue weighted by Crippen LogP contribution is 2.34. The molecule has 0 saturated carbocycles. The summed E-state index contributed by atoms with van der Waals surface area (Å²) in [4.78, 5) is 0. The van der Waals surface area contributed by atoms with E-state index in [0.29, 0.717) is 23.7 Å². The van der Waals surface area contributed by atoms with Gasteiger partial charge in [0.25, 0.3) is 0 Å². The highest BCUT2D eigenvalue weighted by molar-refractivity contribution is 8.13. The van der Waals surface area contributed by atoms with Crippen molar-refractivity contribution in [3.63, 3.8) is 0 Å². The van der Waals surface area contributed by atoms with Gasteiger partial charge in [-0.3, -0.25) is 0 Å². The van der Waals surface area contributed by atoms with E-state index in [1.54, 1.807) is 18.2 Å². The number of methoxy groups -OCH3 is 1. The fourth-order valence-electron chi connectivity index (χ4n) is 2.17. The van der Waals surface area contributed by atoms with Gasteiger partial charge in [0.2, 0.25) is 9.05 Å². The van der Waals surface area contributed by atoms with Gasteiger partial charge < -0.3 is 14.2 Å². The maximum atomic E-state index is 11.2. The average Bonchev–Trinajstić information content (AvgIpc) is 2.38. The van der Waals surface area contributed by atoms with Crippen molar-refractivity contribution < 1.29 is 22.6 Å². The lowest BCUT2D eigenvalue weighted by atomic mass is 10.1. The first kappa shape index (κ1) is 15.4. The van der Waals surface area contributed by atoms with Gasteiger partial charge in [-0.05, 0) is 18.9 Å². The predicted octanol–water partition coefficient (Wildman–Crippen LogP) is 2.32. The summed E-state index contributed by atoms with van der Waals surface area (Å²) in [7, 11) is 3.13. The summed E-state index contributed by atoms with van der Waals surface area (Å²) < 4.78 is 38.9. The molecule has 0 spiro atoms. The van der Waals surface area contributed by atoms with Gasteiger partial charge >= 0.3 is 0 Å². The van der Waals surface area contributed by atoms with Crippen LogP contribution in [-0.4, -0.2) is 34.8 Å². The molecule has 1 aliphatic heterocycles. The van der Waals surface area contributed by atoms with E-state index in [-0.39, 0.29) is 11.9 Å². The molecule has 0 aliphatic carbocycles. The van der Waals surface area contributed by atoms with Crippen molar-refractivity contribution >= 4 is 19.7 Å². The first-order chi connectivity index (χ1) is 9.49. The average molecular weight is 321 g/mol. The molecule has 1 aromatic rings. The van der Waals surface area contributed by atoms with Crippen molar-refractivity contribution in [1.29, 1.82) is 0 Å². The Bertz CT molecular complexity index is 552. The van der Waals surface area contributed by atoms with Crippen LogP contribution >= 0.6 is 10.7 Å². The molecule has 0 amide bonds. The number of hydrogen-bond donors (Lipinski definition) is 0. The largest absolute Gasteiger partial charge is 0.493 e. The minimum absolute atomic E-state index is 0.0412. The maximum Gasteiger partial charge on any atom is 0.236 e. The van der Waals surface area contributed by atoms with E-state index in [9.17, 15) is 8.42 Å². The van der Waals surface area contributed by atoms with Crippen LogP contribution in [0.1, 0.15) is 18.4 Å². The number of para-hydroxylation sites is 1. The number of hydrogen-bond acceptors (Lipinski definition) is 5. The van der Waals surface area contributed by atoms with Crippen LogP contribution in [0.3, 0.4) is 0 Å². The number of ether oxygens (including phenoxy) is 3. The zero-order valence-corrected chi connectivity index (χ0v) is 12.7. The number of benzene rings is 1. The summed E-state index contributed by atoms with van der Waals surface area (Å²) in [6, 6.07) is 5.12. The second-order valence-electron chi connectivity index (χ2n) is 4.59. The Balaban J connectivity index is 2.21. The van der Waals surface area contributed by atoms with Crippen LogP contribution in [0.15, 0.2) is 18.2 Å². The first-order valence-corrected chi connectivity index (χ1v) is 8.80. The summed E-state index contributed by atoms with van der Waals surface area (Å²) in [5.74, 6) is 0.624. The van der Waals surface area contributed by atoms with Gasteiger partial charge in [0, 0.05) is 22.9 Å². The van der Waals surface area contributed by atoms with Gasteiger partial charge in [-0.15, -0.1) is 0 Å². The maximum absolute atomic E-state index is 11.2. The SMILES string of the molecule is COc1c(CS(=O)(=O)Cl)cccc1OC1CCCOC1. The Kier molecular flexibility index (Phi) is 5.12. The summed E-state index contributed by atoms with van der Waals surface area (Å²) in [6.45, 7) is 1.28. The zero-order valence-electron chi connectivity index (χ0n) is 11.2. The van der Waals surface area contributed by atoms with Gasteiger partial charge in [0.1, 0.15) is 6.10 Å². The van der Waals surface area contributed by atoms with Crippen LogP contribution < -0.4 is 9.47 Å². The Morgan fingerprint density at radius 2 is 2.25 bits per heavy atom. The molecule has 0 aromatic heterocycles. The van der Waals surface area contributed by atoms with E-state index in [1.165, 1.54) is 7.11 Å². The molecule has 7 heteroatoms. The molecular formula is C13H17ClO5S. The topological polar surface area (TPSA) is 61.8 Å². The predicted molar refractivity (Wildman–Crippen MR) is 75.9 cm³/mol. The molecule has 5 nitrogen and oxygen atoms in total. The molecule has 20 heavy (non-hydrogen) atoms. The van der Waals surface area contributed by atoms with Crippen molar-refractivity contribution in [3.05, 3.63) is 23.8 Å². The third kappa shape index (κ3) is 4.26. The Hall–Kier alpha value is -0.980. The van der Waals surface area contributed by atoms with Gasteiger partial charge in [-0.1, -0.05) is 12.1 Å². The van der Waals surface area contributed by atoms with Crippen molar-refractivity contribution in [2.45, 2.75) is 24.7 Å². The molecule has 0 radical (unpaired) electrons. The molecule has 1 aliphatic rings. The Morgan fingerprint density at radius 3 is 2.85 bits per heavy atom. The third-order valence-corrected chi connectivity index (χ3v) is 3.99. The fraction of sp³-hybridized carbons (Fsp3) is 0.538. The van der Waals surface area contributed by atoms with Crippen molar-refractivity contribution in [2.75, 3.05) is 20.3 Å². The van der Waals surface area contributed by atoms with Gasteiger partial charge in [0.15, 0.2) is 11.5 Å². The fourth-order valence-corrected chi connectivity index (χ4v) is 3.12. The van der Waals surface area contributed by atoms with E-state index in [4.69, 9.17) is 24.9 Å². The molecule has 1 heterocycles. The summed E-state index contributed by atoms with van der Waals surface area (Å²) >= 11 is 0. The van der Waals surface area contributed by atoms with Gasteiger partial charge in [0.05, 0.1) is 19.5 Å². The van der Waals surface area contributed by atoms with E-state index >= 15 is 0 Å². The Morgan fingerprint density at radius 1 is 1.45 bits per heavy atom. The van der Waals surface area contributed by atoms with Crippen LogP contribution in [0.2, 0.25) is 0 Å². The number of halogens is 1. The standard InChI is InChI=1S/C13H17ClO5S/c1-17-13-10(9-20(14,15)16)4-2-6-12(13)19-11-5-3-7-18-8-11/h2,4,6,11H,3,5,7-9H2,1H3. The van der Waals surface area contributed by atoms with E-state index in [1.807, 2.05) is 0 Å². The smallest absolute Gasteiger partial charge is 0.236 e. The van der Waals surface area contributed by atoms with Crippen molar-refractivity contribution in [2.24, 2.45) is 0 Å². The second kappa shape index (κ2) is 6.65. The van der Waals surface area contributed by atoms with E-state index in [2.05, 4.69) is 0 Å².